The molecule has 0 N–H and O–H groups in total. The molecule has 0 bridgehead atoms. The van der Waals surface area contributed by atoms with Crippen LogP contribution in [0.1, 0.15) is 73.1 Å². The molecule has 0 heterocycles. The summed E-state index contributed by atoms with van der Waals surface area (Å²) in [6, 6.07) is 0. The predicted octanol–water partition coefficient (Wildman–Crippen LogP) is 5.55. The van der Waals surface area contributed by atoms with Crippen molar-refractivity contribution in [2.24, 2.45) is 28.1 Å². The van der Waals surface area contributed by atoms with Gasteiger partial charge in [-0.2, -0.15) is 0 Å². The Kier molecular flexibility index (Phi) is 3.92. The maximum Gasteiger partial charge on any atom is 0.315 e. The molecular formula is C22H38O3Si. The van der Waals surface area contributed by atoms with Gasteiger partial charge in [-0.05, 0) is 86.2 Å². The van der Waals surface area contributed by atoms with Crippen molar-refractivity contribution in [1.29, 1.82) is 0 Å². The van der Waals surface area contributed by atoms with Crippen LogP contribution >= 0.6 is 0 Å². The fourth-order valence-electron chi connectivity index (χ4n) is 6.48. The smallest absolute Gasteiger partial charge is 0.315 e. The minimum atomic E-state index is -1.95. The van der Waals surface area contributed by atoms with Crippen molar-refractivity contribution in [3.8, 4) is 0 Å². The highest BCUT2D eigenvalue weighted by Crippen LogP contribution is 2.79. The Labute approximate surface area is 160 Å². The van der Waals surface area contributed by atoms with Gasteiger partial charge >= 0.3 is 5.97 Å². The zero-order valence-electron chi connectivity index (χ0n) is 17.9. The number of carbonyl (C=O) groups excluding carboxylic acids is 1. The fourth-order valence-corrected chi connectivity index (χ4v) is 7.84. The van der Waals surface area contributed by atoms with Crippen molar-refractivity contribution in [3.63, 3.8) is 0 Å². The van der Waals surface area contributed by atoms with E-state index in [1.54, 1.807) is 0 Å². The average Bonchev–Trinajstić information content (AvgIpc) is 3.12. The highest BCUT2D eigenvalue weighted by Gasteiger charge is 2.79. The molecule has 0 unspecified atom stereocenters. The van der Waals surface area contributed by atoms with Crippen LogP contribution in [0.25, 0.3) is 0 Å². The van der Waals surface area contributed by atoms with E-state index in [9.17, 15) is 4.79 Å². The molecule has 4 fully saturated rings. The number of carbonyl (C=O) groups is 1. The van der Waals surface area contributed by atoms with Crippen LogP contribution in [0, 0.1) is 28.1 Å². The van der Waals surface area contributed by atoms with Crippen molar-refractivity contribution in [1.82, 2.24) is 0 Å². The molecule has 4 aliphatic rings. The van der Waals surface area contributed by atoms with Crippen LogP contribution in [0.5, 0.6) is 0 Å². The number of rotatable bonds is 4. The molecule has 4 heteroatoms. The summed E-state index contributed by atoms with van der Waals surface area (Å²) in [6.07, 6.45) is 7.61. The van der Waals surface area contributed by atoms with Crippen LogP contribution in [0.3, 0.4) is 0 Å². The van der Waals surface area contributed by atoms with E-state index in [1.165, 1.54) is 32.1 Å². The van der Waals surface area contributed by atoms with E-state index in [0.29, 0.717) is 23.9 Å². The molecule has 1 spiro atoms. The van der Waals surface area contributed by atoms with Crippen molar-refractivity contribution in [3.05, 3.63) is 0 Å². The lowest BCUT2D eigenvalue weighted by molar-refractivity contribution is -0.191. The Morgan fingerprint density at radius 3 is 2.23 bits per heavy atom. The summed E-state index contributed by atoms with van der Waals surface area (Å²) in [4.78, 5) is 13.3. The first-order valence-corrected chi connectivity index (χ1v) is 13.7. The highest BCUT2D eigenvalue weighted by atomic mass is 28.4. The van der Waals surface area contributed by atoms with Gasteiger partial charge in [0, 0.05) is 0 Å². The highest BCUT2D eigenvalue weighted by molar-refractivity contribution is 6.74. The first-order valence-electron chi connectivity index (χ1n) is 10.8. The van der Waals surface area contributed by atoms with E-state index >= 15 is 0 Å². The zero-order chi connectivity index (χ0) is 19.2. The fraction of sp³-hybridized carbons (Fsp3) is 0.955. The van der Waals surface area contributed by atoms with Gasteiger partial charge in [0.2, 0.25) is 0 Å². The Hall–Kier alpha value is -0.353. The lowest BCUT2D eigenvalue weighted by atomic mass is 9.48. The van der Waals surface area contributed by atoms with Crippen LogP contribution in [0.15, 0.2) is 0 Å². The summed E-state index contributed by atoms with van der Waals surface area (Å²) < 4.78 is 12.8. The molecule has 0 aliphatic heterocycles. The van der Waals surface area contributed by atoms with Gasteiger partial charge in [0.15, 0.2) is 8.32 Å². The van der Waals surface area contributed by atoms with Gasteiger partial charge in [-0.25, -0.2) is 0 Å². The summed E-state index contributed by atoms with van der Waals surface area (Å²) in [5.41, 5.74) is 0.303. The van der Waals surface area contributed by atoms with Gasteiger partial charge in [0.25, 0.3) is 0 Å². The normalized spacial score (nSPS) is 43.0. The summed E-state index contributed by atoms with van der Waals surface area (Å²) in [7, 11) is -1.95. The molecule has 4 saturated carbocycles. The third-order valence-electron chi connectivity index (χ3n) is 9.41. The van der Waals surface area contributed by atoms with Crippen molar-refractivity contribution < 1.29 is 14.0 Å². The van der Waals surface area contributed by atoms with E-state index in [-0.39, 0.29) is 27.9 Å². The monoisotopic (exact) mass is 378 g/mol. The van der Waals surface area contributed by atoms with E-state index in [0.717, 1.165) is 6.42 Å². The standard InChI is InChI=1S/C22H38O3Si/c1-8-24-18(23)22-12-9-20(22,5)16-14-21(10-11-21)13-15(16)17(22)25-26(6,7)19(2,3)4/h15-17H,8-14H2,1-7H3/t15-,16+,17+,20-,22+/m0/s1. The SMILES string of the molecule is CCOC(=O)[C@]12CC[C@@]1(C)[C@@H]1CC3(CC3)C[C@@H]1[C@H]2O[Si](C)(C)C(C)(C)C. The maximum atomic E-state index is 13.3. The van der Waals surface area contributed by atoms with Crippen LogP contribution in [-0.2, 0) is 14.0 Å². The molecular weight excluding hydrogens is 340 g/mol. The topological polar surface area (TPSA) is 35.5 Å². The first-order chi connectivity index (χ1) is 11.9. The van der Waals surface area contributed by atoms with Gasteiger partial charge < -0.3 is 9.16 Å². The number of ether oxygens (including phenoxy) is 1. The summed E-state index contributed by atoms with van der Waals surface area (Å²) in [5, 5.41) is 0.164. The van der Waals surface area contributed by atoms with Crippen LogP contribution in [-0.4, -0.2) is 27.0 Å². The van der Waals surface area contributed by atoms with Crippen molar-refractivity contribution in [2.45, 2.75) is 97.4 Å². The van der Waals surface area contributed by atoms with Crippen molar-refractivity contribution in [2.75, 3.05) is 6.61 Å². The van der Waals surface area contributed by atoms with Gasteiger partial charge in [-0.3, -0.25) is 4.79 Å². The number of hydrogen-bond acceptors (Lipinski definition) is 3. The minimum Gasteiger partial charge on any atom is -0.465 e. The van der Waals surface area contributed by atoms with Crippen LogP contribution in [0.2, 0.25) is 18.1 Å². The number of esters is 1. The molecule has 0 aromatic heterocycles. The van der Waals surface area contributed by atoms with Crippen molar-refractivity contribution >= 4 is 14.3 Å². The second-order valence-electron chi connectivity index (χ2n) is 11.6. The minimum absolute atomic E-state index is 0.0386. The second kappa shape index (κ2) is 5.37. The average molecular weight is 379 g/mol. The Morgan fingerprint density at radius 1 is 1.12 bits per heavy atom. The third kappa shape index (κ3) is 2.24. The summed E-state index contributed by atoms with van der Waals surface area (Å²) >= 11 is 0. The van der Waals surface area contributed by atoms with Crippen LogP contribution in [0.4, 0.5) is 0 Å². The molecule has 4 rings (SSSR count). The molecule has 148 valence electrons. The lowest BCUT2D eigenvalue weighted by Gasteiger charge is -2.57. The van der Waals surface area contributed by atoms with E-state index < -0.39 is 8.32 Å². The Balaban J connectivity index is 1.73. The molecule has 4 aliphatic carbocycles. The largest absolute Gasteiger partial charge is 0.465 e. The lowest BCUT2D eigenvalue weighted by Crippen LogP contribution is -2.61. The second-order valence-corrected chi connectivity index (χ2v) is 16.3. The van der Waals surface area contributed by atoms with Gasteiger partial charge in [0.05, 0.1) is 18.1 Å². The van der Waals surface area contributed by atoms with E-state index in [1.807, 2.05) is 6.92 Å². The van der Waals surface area contributed by atoms with Gasteiger partial charge in [-0.15, -0.1) is 0 Å². The molecule has 3 nitrogen and oxygen atoms in total. The maximum absolute atomic E-state index is 13.3. The Bertz CT molecular complexity index is 617. The van der Waals surface area contributed by atoms with E-state index in [4.69, 9.17) is 9.16 Å². The predicted molar refractivity (Wildman–Crippen MR) is 106 cm³/mol. The number of fused-ring (bicyclic) bond motifs is 3. The summed E-state index contributed by atoms with van der Waals surface area (Å²) in [5.74, 6) is 1.25. The molecule has 0 amide bonds. The molecule has 0 saturated heterocycles. The first kappa shape index (κ1) is 19.0. The molecule has 0 radical (unpaired) electrons. The molecule has 5 atom stereocenters. The molecule has 26 heavy (non-hydrogen) atoms. The van der Waals surface area contributed by atoms with Gasteiger partial charge in [-0.1, -0.05) is 27.7 Å². The summed E-state index contributed by atoms with van der Waals surface area (Å²) in [6.45, 7) is 16.4. The van der Waals surface area contributed by atoms with E-state index in [2.05, 4.69) is 40.8 Å². The molecule has 0 aromatic carbocycles. The zero-order valence-corrected chi connectivity index (χ0v) is 18.9. The number of hydrogen-bond donors (Lipinski definition) is 0. The van der Waals surface area contributed by atoms with Gasteiger partial charge in [0.1, 0.15) is 0 Å². The molecule has 0 aromatic rings. The van der Waals surface area contributed by atoms with Crippen LogP contribution < -0.4 is 0 Å². The Morgan fingerprint density at radius 2 is 1.77 bits per heavy atom. The third-order valence-corrected chi connectivity index (χ3v) is 13.9. The quantitative estimate of drug-likeness (QED) is 0.475.